The number of aliphatic carboxylic acids is 1. The molecule has 0 spiro atoms. The molecular formula is C12H14N2O3S. The van der Waals surface area contributed by atoms with Crippen molar-refractivity contribution < 1.29 is 14.7 Å². The van der Waals surface area contributed by atoms with Crippen molar-refractivity contribution in [2.24, 2.45) is 0 Å². The Balaban J connectivity index is 1.88. The minimum atomic E-state index is -0.888. The third-order valence-corrected chi connectivity index (χ3v) is 3.67. The summed E-state index contributed by atoms with van der Waals surface area (Å²) in [6.07, 6.45) is 2.53. The zero-order valence-electron chi connectivity index (χ0n) is 9.83. The molecule has 0 bridgehead atoms. The number of thioether (sulfide) groups is 1. The molecule has 5 nitrogen and oxygen atoms in total. The zero-order valence-corrected chi connectivity index (χ0v) is 10.7. The Bertz CT molecular complexity index is 464. The van der Waals surface area contributed by atoms with Crippen LogP contribution in [0.4, 0.5) is 0 Å². The molecule has 1 N–H and O–H groups in total. The number of carbonyl (C=O) groups is 2. The first-order valence-corrected chi connectivity index (χ1v) is 6.82. The molecule has 1 aromatic rings. The summed E-state index contributed by atoms with van der Waals surface area (Å²) >= 11 is 1.14. The number of pyridine rings is 1. The number of amides is 1. The average Bonchev–Trinajstić information content (AvgIpc) is 2.37. The van der Waals surface area contributed by atoms with E-state index >= 15 is 0 Å². The molecule has 1 amide bonds. The van der Waals surface area contributed by atoms with Gasteiger partial charge in [-0.05, 0) is 11.6 Å². The van der Waals surface area contributed by atoms with E-state index in [1.807, 2.05) is 12.1 Å². The first-order chi connectivity index (χ1) is 8.66. The fraction of sp³-hybridized carbons (Fsp3) is 0.417. The van der Waals surface area contributed by atoms with Crippen molar-refractivity contribution >= 4 is 23.6 Å². The van der Waals surface area contributed by atoms with Crippen LogP contribution in [0, 0.1) is 0 Å². The first-order valence-electron chi connectivity index (χ1n) is 5.67. The van der Waals surface area contributed by atoms with Gasteiger partial charge in [-0.1, -0.05) is 6.07 Å². The molecule has 1 aliphatic rings. The number of aromatic nitrogens is 1. The largest absolute Gasteiger partial charge is 0.481 e. The van der Waals surface area contributed by atoms with Gasteiger partial charge in [-0.2, -0.15) is 0 Å². The molecule has 0 saturated heterocycles. The lowest BCUT2D eigenvalue weighted by Crippen LogP contribution is -2.37. The number of hydrogen-bond donors (Lipinski definition) is 1. The van der Waals surface area contributed by atoms with Crippen molar-refractivity contribution in [3.05, 3.63) is 29.6 Å². The van der Waals surface area contributed by atoms with E-state index in [0.29, 0.717) is 13.1 Å². The summed E-state index contributed by atoms with van der Waals surface area (Å²) in [4.78, 5) is 28.3. The summed E-state index contributed by atoms with van der Waals surface area (Å²) in [6, 6.07) is 3.85. The molecule has 0 atom stereocenters. The number of fused-ring (bicyclic) bond motifs is 1. The smallest absolute Gasteiger partial charge is 0.313 e. The van der Waals surface area contributed by atoms with Crippen LogP contribution in [0.25, 0.3) is 0 Å². The van der Waals surface area contributed by atoms with Crippen LogP contribution in [0.1, 0.15) is 11.3 Å². The monoisotopic (exact) mass is 266 g/mol. The Labute approximate surface area is 109 Å². The van der Waals surface area contributed by atoms with Crippen molar-refractivity contribution in [2.75, 3.05) is 18.1 Å². The van der Waals surface area contributed by atoms with Gasteiger partial charge in [0.15, 0.2) is 0 Å². The number of nitrogens with zero attached hydrogens (tertiary/aromatic N) is 2. The highest BCUT2D eigenvalue weighted by Crippen LogP contribution is 2.17. The number of rotatable bonds is 4. The van der Waals surface area contributed by atoms with Gasteiger partial charge in [0.1, 0.15) is 0 Å². The van der Waals surface area contributed by atoms with Crippen LogP contribution in [-0.4, -0.2) is 44.9 Å². The van der Waals surface area contributed by atoms with Crippen molar-refractivity contribution in [2.45, 2.75) is 13.0 Å². The third kappa shape index (κ3) is 3.22. The van der Waals surface area contributed by atoms with E-state index in [1.165, 1.54) is 0 Å². The summed E-state index contributed by atoms with van der Waals surface area (Å²) in [6.45, 7) is 1.24. The Morgan fingerprint density at radius 2 is 2.28 bits per heavy atom. The van der Waals surface area contributed by atoms with E-state index in [1.54, 1.807) is 11.1 Å². The summed E-state index contributed by atoms with van der Waals surface area (Å²) in [5.74, 6) is -0.698. The molecular weight excluding hydrogens is 252 g/mol. The van der Waals surface area contributed by atoms with Crippen LogP contribution < -0.4 is 0 Å². The van der Waals surface area contributed by atoms with E-state index in [9.17, 15) is 9.59 Å². The molecule has 0 saturated carbocycles. The molecule has 96 valence electrons. The Kier molecular flexibility index (Phi) is 4.19. The zero-order chi connectivity index (χ0) is 13.0. The maximum atomic E-state index is 11.9. The van der Waals surface area contributed by atoms with Gasteiger partial charge >= 0.3 is 5.97 Å². The molecule has 0 aliphatic carbocycles. The summed E-state index contributed by atoms with van der Waals surface area (Å²) in [5, 5.41) is 8.51. The first kappa shape index (κ1) is 12.9. The number of carboxylic acids is 1. The normalized spacial score (nSPS) is 14.1. The lowest BCUT2D eigenvalue weighted by molar-refractivity contribution is -0.133. The molecule has 0 aromatic carbocycles. The molecule has 0 unspecified atom stereocenters. The lowest BCUT2D eigenvalue weighted by Gasteiger charge is -2.28. The highest BCUT2D eigenvalue weighted by atomic mass is 32.2. The van der Waals surface area contributed by atoms with Crippen molar-refractivity contribution in [3.63, 3.8) is 0 Å². The summed E-state index contributed by atoms with van der Waals surface area (Å²) in [7, 11) is 0. The fourth-order valence-electron chi connectivity index (χ4n) is 1.90. The summed E-state index contributed by atoms with van der Waals surface area (Å²) < 4.78 is 0. The van der Waals surface area contributed by atoms with Gasteiger partial charge < -0.3 is 10.0 Å². The van der Waals surface area contributed by atoms with Crippen LogP contribution in [0.5, 0.6) is 0 Å². The number of carboxylic acid groups (broad SMARTS) is 1. The third-order valence-electron chi connectivity index (χ3n) is 2.77. The summed E-state index contributed by atoms with van der Waals surface area (Å²) in [5.41, 5.74) is 2.14. The second-order valence-corrected chi connectivity index (χ2v) is 5.05. The highest BCUT2D eigenvalue weighted by molar-refractivity contribution is 8.00. The quantitative estimate of drug-likeness (QED) is 0.872. The minimum Gasteiger partial charge on any atom is -0.481 e. The minimum absolute atomic E-state index is 0.00393. The SMILES string of the molecule is O=C(O)CSCC(=O)N1CCc2ncccc2C1. The molecule has 2 heterocycles. The fourth-order valence-corrected chi connectivity index (χ4v) is 2.53. The van der Waals surface area contributed by atoms with Crippen LogP contribution in [0.3, 0.4) is 0 Å². The van der Waals surface area contributed by atoms with Crippen molar-refractivity contribution in [1.29, 1.82) is 0 Å². The van der Waals surface area contributed by atoms with Crippen molar-refractivity contribution in [1.82, 2.24) is 9.88 Å². The number of hydrogen-bond acceptors (Lipinski definition) is 4. The number of carbonyl (C=O) groups excluding carboxylic acids is 1. The van der Waals surface area contributed by atoms with Gasteiger partial charge in [-0.15, -0.1) is 11.8 Å². The van der Waals surface area contributed by atoms with E-state index < -0.39 is 5.97 Å². The van der Waals surface area contributed by atoms with E-state index in [4.69, 9.17) is 5.11 Å². The van der Waals surface area contributed by atoms with Gasteiger partial charge in [0.2, 0.25) is 5.91 Å². The highest BCUT2D eigenvalue weighted by Gasteiger charge is 2.20. The van der Waals surface area contributed by atoms with Gasteiger partial charge in [-0.25, -0.2) is 0 Å². The maximum Gasteiger partial charge on any atom is 0.313 e. The Morgan fingerprint density at radius 3 is 3.06 bits per heavy atom. The van der Waals surface area contributed by atoms with Crippen LogP contribution in [0.2, 0.25) is 0 Å². The molecule has 6 heteroatoms. The van der Waals surface area contributed by atoms with E-state index in [2.05, 4.69) is 4.98 Å². The van der Waals surface area contributed by atoms with Gasteiger partial charge in [0, 0.05) is 31.4 Å². The molecule has 1 aromatic heterocycles. The van der Waals surface area contributed by atoms with Crippen LogP contribution in [0.15, 0.2) is 18.3 Å². The predicted molar refractivity (Wildman–Crippen MR) is 68.3 cm³/mol. The molecule has 0 fully saturated rings. The van der Waals surface area contributed by atoms with Crippen molar-refractivity contribution in [3.8, 4) is 0 Å². The van der Waals surface area contributed by atoms with Crippen LogP contribution >= 0.6 is 11.8 Å². The van der Waals surface area contributed by atoms with E-state index in [0.717, 1.165) is 29.4 Å². The Morgan fingerprint density at radius 1 is 1.44 bits per heavy atom. The topological polar surface area (TPSA) is 70.5 Å². The van der Waals surface area contributed by atoms with Gasteiger partial charge in [-0.3, -0.25) is 14.6 Å². The molecule has 1 aliphatic heterocycles. The van der Waals surface area contributed by atoms with Crippen LogP contribution in [-0.2, 0) is 22.6 Å². The second-order valence-electron chi connectivity index (χ2n) is 4.06. The maximum absolute atomic E-state index is 11.9. The predicted octanol–water partition coefficient (Wildman–Crippen LogP) is 0.784. The molecule has 18 heavy (non-hydrogen) atoms. The molecule has 0 radical (unpaired) electrons. The lowest BCUT2D eigenvalue weighted by atomic mass is 10.1. The molecule has 2 rings (SSSR count). The van der Waals surface area contributed by atoms with Gasteiger partial charge in [0.05, 0.1) is 11.5 Å². The van der Waals surface area contributed by atoms with Gasteiger partial charge in [0.25, 0.3) is 0 Å². The van der Waals surface area contributed by atoms with E-state index in [-0.39, 0.29) is 17.4 Å². The Hall–Kier alpha value is -1.56. The second kappa shape index (κ2) is 5.86. The average molecular weight is 266 g/mol. The standard InChI is InChI=1S/C12H14N2O3S/c15-11(7-18-8-12(16)17)14-5-3-10-9(6-14)2-1-4-13-10/h1-2,4H,3,5-8H2,(H,16,17).